The van der Waals surface area contributed by atoms with Gasteiger partial charge in [0.15, 0.2) is 0 Å². The van der Waals surface area contributed by atoms with E-state index in [0.717, 1.165) is 0 Å². The van der Waals surface area contributed by atoms with E-state index in [-0.39, 0.29) is 5.75 Å². The lowest BCUT2D eigenvalue weighted by Crippen LogP contribution is -2.43. The molecule has 1 saturated heterocycles. The van der Waals surface area contributed by atoms with Gasteiger partial charge >= 0.3 is 6.03 Å². The molecule has 2 amide bonds. The maximum atomic E-state index is 12.4. The first kappa shape index (κ1) is 18.0. The number of amides is 2. The Balaban J connectivity index is 2.03. The summed E-state index contributed by atoms with van der Waals surface area (Å²) in [5, 5.41) is 7.64. The number of rotatable bonds is 5. The van der Waals surface area contributed by atoms with Crippen LogP contribution in [0, 0.1) is 0 Å². The van der Waals surface area contributed by atoms with Crippen LogP contribution in [0.3, 0.4) is 0 Å². The third-order valence-electron chi connectivity index (χ3n) is 3.37. The molecule has 1 aliphatic rings. The number of nitrogens with two attached hydrogens (primary N) is 1. The Morgan fingerprint density at radius 2 is 2.22 bits per heavy atom. The number of primary sulfonamides is 1. The van der Waals surface area contributed by atoms with Crippen molar-refractivity contribution in [1.82, 2.24) is 4.90 Å². The molecular weight excluding hydrogens is 348 g/mol. The van der Waals surface area contributed by atoms with E-state index in [1.165, 1.54) is 17.0 Å². The molecule has 6 nitrogen and oxygen atoms in total. The third kappa shape index (κ3) is 5.63. The van der Waals surface area contributed by atoms with Gasteiger partial charge in [0.1, 0.15) is 0 Å². The van der Waals surface area contributed by atoms with Gasteiger partial charge in [0.05, 0.1) is 5.75 Å². The molecule has 0 bridgehead atoms. The topological polar surface area (TPSA) is 92.5 Å². The van der Waals surface area contributed by atoms with E-state index in [1.54, 1.807) is 12.1 Å². The largest absolute Gasteiger partial charge is 0.322 e. The Hall–Kier alpha value is -1.39. The average molecular weight is 365 g/mol. The Morgan fingerprint density at radius 3 is 2.87 bits per heavy atom. The van der Waals surface area contributed by atoms with Gasteiger partial charge < -0.3 is 10.2 Å². The molecule has 1 fully saturated rings. The van der Waals surface area contributed by atoms with Crippen LogP contribution in [0.15, 0.2) is 29.2 Å². The van der Waals surface area contributed by atoms with Crippen LogP contribution >= 0.6 is 11.8 Å². The summed E-state index contributed by atoms with van der Waals surface area (Å²) in [5.41, 5.74) is 0.377. The first-order valence-electron chi connectivity index (χ1n) is 6.87. The zero-order chi connectivity index (χ0) is 17.0. The summed E-state index contributed by atoms with van der Waals surface area (Å²) in [4.78, 5) is 14.0. The molecule has 3 N–H and O–H groups in total. The molecule has 1 aliphatic heterocycles. The van der Waals surface area contributed by atoms with E-state index >= 15 is 0 Å². The number of nitrogens with zero attached hydrogens (tertiary/aromatic N) is 1. The van der Waals surface area contributed by atoms with Gasteiger partial charge in [-0.1, -0.05) is 17.8 Å². The number of benzene rings is 1. The summed E-state index contributed by atoms with van der Waals surface area (Å²) in [5.74, 6) is -2.83. The highest BCUT2D eigenvalue weighted by molar-refractivity contribution is 7.99. The maximum Gasteiger partial charge on any atom is 0.322 e. The number of likely N-dealkylation sites (tertiary alicyclic amines) is 1. The minimum absolute atomic E-state index is 0.290. The highest BCUT2D eigenvalue weighted by atomic mass is 32.2. The quantitative estimate of drug-likeness (QED) is 0.783. The predicted molar refractivity (Wildman–Crippen MR) is 85.0 cm³/mol. The van der Waals surface area contributed by atoms with Crippen LogP contribution in [0.5, 0.6) is 0 Å². The normalized spacial score (nSPS) is 18.4. The molecule has 1 atom stereocenters. The van der Waals surface area contributed by atoms with Gasteiger partial charge in [-0.2, -0.15) is 8.78 Å². The smallest absolute Gasteiger partial charge is 0.320 e. The fourth-order valence-electron chi connectivity index (χ4n) is 2.49. The van der Waals surface area contributed by atoms with Crippen molar-refractivity contribution in [2.24, 2.45) is 5.14 Å². The van der Waals surface area contributed by atoms with E-state index < -0.39 is 27.9 Å². The van der Waals surface area contributed by atoms with E-state index in [0.29, 0.717) is 41.7 Å². The number of anilines is 1. The van der Waals surface area contributed by atoms with Crippen molar-refractivity contribution in [2.75, 3.05) is 17.6 Å². The number of halogens is 2. The SMILES string of the molecule is NS(=O)(=O)CC1CCCN1C(=O)Nc1cccc(SC(F)F)c1. The fourth-order valence-corrected chi connectivity index (χ4v) is 3.93. The molecule has 23 heavy (non-hydrogen) atoms. The molecule has 0 aliphatic carbocycles. The molecule has 1 aromatic carbocycles. The zero-order valence-electron chi connectivity index (χ0n) is 12.1. The second kappa shape index (κ2) is 7.45. The maximum absolute atomic E-state index is 12.4. The average Bonchev–Trinajstić information content (AvgIpc) is 2.84. The van der Waals surface area contributed by atoms with Gasteiger partial charge in [-0.05, 0) is 31.0 Å². The summed E-state index contributed by atoms with van der Waals surface area (Å²) in [6.45, 7) is 0.428. The van der Waals surface area contributed by atoms with Gasteiger partial charge in [-0.15, -0.1) is 0 Å². The number of nitrogens with one attached hydrogen (secondary N) is 1. The van der Waals surface area contributed by atoms with E-state index in [1.807, 2.05) is 0 Å². The summed E-state index contributed by atoms with van der Waals surface area (Å²) in [6, 6.07) is 5.18. The third-order valence-corrected chi connectivity index (χ3v) is 4.93. The zero-order valence-corrected chi connectivity index (χ0v) is 13.7. The van der Waals surface area contributed by atoms with Gasteiger partial charge in [-0.3, -0.25) is 0 Å². The number of hydrogen-bond donors (Lipinski definition) is 2. The van der Waals surface area contributed by atoms with E-state index in [4.69, 9.17) is 5.14 Å². The molecule has 0 aromatic heterocycles. The van der Waals surface area contributed by atoms with Crippen LogP contribution in [-0.2, 0) is 10.0 Å². The van der Waals surface area contributed by atoms with Crippen molar-refractivity contribution in [1.29, 1.82) is 0 Å². The number of thioether (sulfide) groups is 1. The minimum Gasteiger partial charge on any atom is -0.320 e. The second-order valence-electron chi connectivity index (χ2n) is 5.16. The number of hydrogen-bond acceptors (Lipinski definition) is 4. The standard InChI is InChI=1S/C13H17F2N3O3S2/c14-12(15)22-11-5-1-3-9(7-11)17-13(19)18-6-2-4-10(18)8-23(16,20)21/h1,3,5,7,10,12H,2,4,6,8H2,(H,17,19)(H2,16,20,21). The number of carbonyl (C=O) groups excluding carboxylic acids is 1. The fraction of sp³-hybridized carbons (Fsp3) is 0.462. The van der Waals surface area contributed by atoms with Crippen molar-refractivity contribution in [3.05, 3.63) is 24.3 Å². The van der Waals surface area contributed by atoms with Gasteiger partial charge in [0, 0.05) is 23.2 Å². The lowest BCUT2D eigenvalue weighted by molar-refractivity contribution is 0.210. The molecule has 1 heterocycles. The van der Waals surface area contributed by atoms with Crippen LogP contribution in [-0.4, -0.2) is 43.4 Å². The Bertz CT molecular complexity index is 670. The van der Waals surface area contributed by atoms with Crippen molar-refractivity contribution in [3.8, 4) is 0 Å². The first-order valence-corrected chi connectivity index (χ1v) is 9.47. The van der Waals surface area contributed by atoms with Gasteiger partial charge in [-0.25, -0.2) is 18.4 Å². The number of carbonyl (C=O) groups is 1. The van der Waals surface area contributed by atoms with E-state index in [9.17, 15) is 22.0 Å². The van der Waals surface area contributed by atoms with Crippen LogP contribution in [0.25, 0.3) is 0 Å². The highest BCUT2D eigenvalue weighted by Crippen LogP contribution is 2.27. The molecule has 1 unspecified atom stereocenters. The molecule has 0 spiro atoms. The van der Waals surface area contributed by atoms with Crippen LogP contribution in [0.1, 0.15) is 12.8 Å². The minimum atomic E-state index is -3.68. The summed E-state index contributed by atoms with van der Waals surface area (Å²) in [6.07, 6.45) is 1.25. The predicted octanol–water partition coefficient (Wildman–Crippen LogP) is 2.29. The summed E-state index contributed by atoms with van der Waals surface area (Å²) in [7, 11) is -3.68. The molecule has 1 aromatic rings. The molecule has 2 rings (SSSR count). The molecule has 0 saturated carbocycles. The number of urea groups is 1. The van der Waals surface area contributed by atoms with Crippen molar-refractivity contribution in [2.45, 2.75) is 29.5 Å². The van der Waals surface area contributed by atoms with Crippen LogP contribution < -0.4 is 10.5 Å². The second-order valence-corrected chi connectivity index (χ2v) is 7.88. The number of sulfonamides is 1. The van der Waals surface area contributed by atoms with Crippen LogP contribution in [0.2, 0.25) is 0 Å². The first-order chi connectivity index (χ1) is 10.7. The molecule has 0 radical (unpaired) electrons. The summed E-state index contributed by atoms with van der Waals surface area (Å²) < 4.78 is 47.1. The monoisotopic (exact) mass is 365 g/mol. The number of alkyl halides is 2. The molecular formula is C13H17F2N3O3S2. The van der Waals surface area contributed by atoms with Crippen molar-refractivity contribution < 1.29 is 22.0 Å². The Morgan fingerprint density at radius 1 is 1.48 bits per heavy atom. The lowest BCUT2D eigenvalue weighted by atomic mass is 10.2. The Labute approximate surface area is 137 Å². The summed E-state index contributed by atoms with van der Waals surface area (Å²) >= 11 is 0.386. The van der Waals surface area contributed by atoms with E-state index in [2.05, 4.69) is 5.32 Å². The highest BCUT2D eigenvalue weighted by Gasteiger charge is 2.31. The molecule has 10 heteroatoms. The van der Waals surface area contributed by atoms with Crippen molar-refractivity contribution in [3.63, 3.8) is 0 Å². The van der Waals surface area contributed by atoms with Gasteiger partial charge in [0.2, 0.25) is 10.0 Å². The van der Waals surface area contributed by atoms with Crippen LogP contribution in [0.4, 0.5) is 19.3 Å². The van der Waals surface area contributed by atoms with Gasteiger partial charge in [0.25, 0.3) is 5.76 Å². The molecule has 128 valence electrons. The lowest BCUT2D eigenvalue weighted by Gasteiger charge is -2.24. The Kier molecular flexibility index (Phi) is 5.82. The van der Waals surface area contributed by atoms with Crippen molar-refractivity contribution >= 4 is 33.5 Å².